The van der Waals surface area contributed by atoms with Crippen molar-refractivity contribution >= 4 is 23.4 Å². The van der Waals surface area contributed by atoms with Crippen LogP contribution in [0.15, 0.2) is 60.8 Å². The third-order valence-electron chi connectivity index (χ3n) is 4.54. The van der Waals surface area contributed by atoms with Gasteiger partial charge in [-0.25, -0.2) is 4.98 Å². The molecule has 0 aliphatic carbocycles. The first-order valence-electron chi connectivity index (χ1n) is 9.48. The predicted octanol–water partition coefficient (Wildman–Crippen LogP) is 4.76. The molecule has 3 aromatic rings. The normalized spacial score (nSPS) is 10.6. The highest BCUT2D eigenvalue weighted by Gasteiger charge is 2.13. The molecule has 0 fully saturated rings. The number of allylic oxidation sites excluding steroid dienone is 1. The van der Waals surface area contributed by atoms with Gasteiger partial charge in [0.2, 0.25) is 5.75 Å². The lowest BCUT2D eigenvalue weighted by Gasteiger charge is -2.13. The first kappa shape index (κ1) is 21.7. The number of ketones is 1. The number of methoxy groups -OCH3 is 4. The van der Waals surface area contributed by atoms with Crippen molar-refractivity contribution in [2.45, 2.75) is 0 Å². The van der Waals surface area contributed by atoms with Crippen LogP contribution in [0.2, 0.25) is 0 Å². The lowest BCUT2D eigenvalue weighted by Crippen LogP contribution is -2.03. The minimum atomic E-state index is -0.196. The highest BCUT2D eigenvalue weighted by Crippen LogP contribution is 2.38. The molecule has 3 rings (SSSR count). The van der Waals surface area contributed by atoms with E-state index < -0.39 is 0 Å². The molecule has 0 saturated carbocycles. The number of nitrogens with one attached hydrogen (secondary N) is 1. The fourth-order valence-corrected chi connectivity index (χ4v) is 2.97. The molecule has 0 aliphatic heterocycles. The zero-order valence-corrected chi connectivity index (χ0v) is 17.8. The Morgan fingerprint density at radius 1 is 0.903 bits per heavy atom. The van der Waals surface area contributed by atoms with Crippen molar-refractivity contribution in [3.05, 3.63) is 71.9 Å². The lowest BCUT2D eigenvalue weighted by atomic mass is 10.1. The van der Waals surface area contributed by atoms with E-state index in [2.05, 4.69) is 10.3 Å². The van der Waals surface area contributed by atoms with Crippen LogP contribution >= 0.6 is 0 Å². The Hall–Kier alpha value is -4.00. The fourth-order valence-electron chi connectivity index (χ4n) is 2.97. The average Bonchev–Trinajstić information content (AvgIpc) is 2.82. The summed E-state index contributed by atoms with van der Waals surface area (Å²) in [4.78, 5) is 17.2. The van der Waals surface area contributed by atoms with E-state index >= 15 is 0 Å². The highest BCUT2D eigenvalue weighted by molar-refractivity contribution is 6.10. The third kappa shape index (κ3) is 5.14. The van der Waals surface area contributed by atoms with Gasteiger partial charge in [0.1, 0.15) is 11.6 Å². The van der Waals surface area contributed by atoms with Crippen LogP contribution in [0.3, 0.4) is 0 Å². The van der Waals surface area contributed by atoms with Gasteiger partial charge in [0.15, 0.2) is 17.3 Å². The summed E-state index contributed by atoms with van der Waals surface area (Å²) in [5.74, 6) is 2.53. The van der Waals surface area contributed by atoms with Gasteiger partial charge in [0.25, 0.3) is 0 Å². The number of ether oxygens (including phenoxy) is 4. The van der Waals surface area contributed by atoms with Gasteiger partial charge in [-0.2, -0.15) is 0 Å². The number of pyridine rings is 1. The molecule has 31 heavy (non-hydrogen) atoms. The largest absolute Gasteiger partial charge is 0.497 e. The first-order chi connectivity index (χ1) is 15.1. The molecule has 0 bridgehead atoms. The SMILES string of the molecule is COc1ccc(Nc2ncccc2C(=O)C=Cc2cc(OC)c(OC)c(OC)c2)cc1. The van der Waals surface area contributed by atoms with Gasteiger partial charge in [-0.3, -0.25) is 4.79 Å². The summed E-state index contributed by atoms with van der Waals surface area (Å²) >= 11 is 0. The molecular weight excluding hydrogens is 396 g/mol. The van der Waals surface area contributed by atoms with Gasteiger partial charge in [0, 0.05) is 11.9 Å². The molecule has 160 valence electrons. The van der Waals surface area contributed by atoms with Crippen molar-refractivity contribution in [1.29, 1.82) is 0 Å². The second-order valence-electron chi connectivity index (χ2n) is 6.41. The van der Waals surface area contributed by atoms with Gasteiger partial charge in [-0.15, -0.1) is 0 Å². The van der Waals surface area contributed by atoms with Crippen molar-refractivity contribution in [3.63, 3.8) is 0 Å². The molecule has 7 heteroatoms. The van der Waals surface area contributed by atoms with Crippen LogP contribution < -0.4 is 24.3 Å². The second-order valence-corrected chi connectivity index (χ2v) is 6.41. The molecule has 1 N–H and O–H groups in total. The maximum Gasteiger partial charge on any atom is 0.203 e. The summed E-state index contributed by atoms with van der Waals surface area (Å²) in [6, 6.07) is 14.4. The number of carbonyl (C=O) groups is 1. The van der Waals surface area contributed by atoms with Crippen molar-refractivity contribution in [3.8, 4) is 23.0 Å². The summed E-state index contributed by atoms with van der Waals surface area (Å²) in [5, 5.41) is 3.18. The minimum absolute atomic E-state index is 0.196. The Morgan fingerprint density at radius 2 is 1.58 bits per heavy atom. The Balaban J connectivity index is 1.84. The summed E-state index contributed by atoms with van der Waals surface area (Å²) < 4.78 is 21.2. The minimum Gasteiger partial charge on any atom is -0.497 e. The molecule has 0 aliphatic rings. The van der Waals surface area contributed by atoms with Crippen LogP contribution in [-0.4, -0.2) is 39.2 Å². The first-order valence-corrected chi connectivity index (χ1v) is 9.48. The Bertz CT molecular complexity index is 1050. The summed E-state index contributed by atoms with van der Waals surface area (Å²) in [5.41, 5.74) is 1.97. The number of benzene rings is 2. The number of anilines is 2. The molecule has 2 aromatic carbocycles. The zero-order chi connectivity index (χ0) is 22.2. The molecule has 0 amide bonds. The van der Waals surface area contributed by atoms with E-state index in [1.807, 2.05) is 24.3 Å². The van der Waals surface area contributed by atoms with Gasteiger partial charge < -0.3 is 24.3 Å². The maximum atomic E-state index is 12.9. The van der Waals surface area contributed by atoms with Crippen LogP contribution in [0.1, 0.15) is 15.9 Å². The number of hydrogen-bond acceptors (Lipinski definition) is 7. The van der Waals surface area contributed by atoms with Crippen LogP contribution in [-0.2, 0) is 0 Å². The molecule has 0 radical (unpaired) electrons. The number of nitrogens with zero attached hydrogens (tertiary/aromatic N) is 1. The van der Waals surface area contributed by atoms with E-state index in [1.165, 1.54) is 6.08 Å². The summed E-state index contributed by atoms with van der Waals surface area (Å²) in [7, 11) is 6.24. The molecule has 0 saturated heterocycles. The zero-order valence-electron chi connectivity index (χ0n) is 17.8. The van der Waals surface area contributed by atoms with Crippen LogP contribution in [0.4, 0.5) is 11.5 Å². The van der Waals surface area contributed by atoms with Crippen molar-refractivity contribution in [2.24, 2.45) is 0 Å². The topological polar surface area (TPSA) is 78.9 Å². The standard InChI is InChI=1S/C24H24N2O5/c1-28-18-10-8-17(9-11-18)26-24-19(6-5-13-25-24)20(27)12-7-16-14-21(29-2)23(31-4)22(15-16)30-3/h5-15H,1-4H3,(H,25,26). The van der Waals surface area contributed by atoms with Crippen molar-refractivity contribution in [1.82, 2.24) is 4.98 Å². The van der Waals surface area contributed by atoms with Crippen molar-refractivity contribution < 1.29 is 23.7 Å². The Labute approximate surface area is 181 Å². The molecule has 0 spiro atoms. The fraction of sp³-hybridized carbons (Fsp3) is 0.167. The number of rotatable bonds is 9. The Morgan fingerprint density at radius 3 is 2.16 bits per heavy atom. The second kappa shape index (κ2) is 10.2. The van der Waals surface area contributed by atoms with Gasteiger partial charge >= 0.3 is 0 Å². The van der Waals surface area contributed by atoms with E-state index in [0.717, 1.165) is 17.0 Å². The van der Waals surface area contributed by atoms with Crippen molar-refractivity contribution in [2.75, 3.05) is 33.8 Å². The van der Waals surface area contributed by atoms with E-state index in [4.69, 9.17) is 18.9 Å². The van der Waals surface area contributed by atoms with E-state index in [-0.39, 0.29) is 5.78 Å². The molecular formula is C24H24N2O5. The molecule has 1 aromatic heterocycles. The highest BCUT2D eigenvalue weighted by atomic mass is 16.5. The smallest absolute Gasteiger partial charge is 0.203 e. The molecule has 0 unspecified atom stereocenters. The third-order valence-corrected chi connectivity index (χ3v) is 4.54. The molecule has 7 nitrogen and oxygen atoms in total. The van der Waals surface area contributed by atoms with Gasteiger partial charge in [-0.05, 0) is 60.2 Å². The van der Waals surface area contributed by atoms with Gasteiger partial charge in [0.05, 0.1) is 34.0 Å². The van der Waals surface area contributed by atoms with Crippen LogP contribution in [0.25, 0.3) is 6.08 Å². The van der Waals surface area contributed by atoms with E-state index in [0.29, 0.717) is 28.6 Å². The lowest BCUT2D eigenvalue weighted by molar-refractivity contribution is 0.104. The number of hydrogen-bond donors (Lipinski definition) is 1. The molecule has 0 atom stereocenters. The predicted molar refractivity (Wildman–Crippen MR) is 120 cm³/mol. The quantitative estimate of drug-likeness (QED) is 0.395. The number of carbonyl (C=O) groups excluding carboxylic acids is 1. The molecule has 1 heterocycles. The Kier molecular flexibility index (Phi) is 7.11. The number of aromatic nitrogens is 1. The van der Waals surface area contributed by atoms with Gasteiger partial charge in [-0.1, -0.05) is 6.08 Å². The van der Waals surface area contributed by atoms with E-state index in [1.54, 1.807) is 65.0 Å². The average molecular weight is 420 g/mol. The monoisotopic (exact) mass is 420 g/mol. The summed E-state index contributed by atoms with van der Waals surface area (Å²) in [6.45, 7) is 0. The van der Waals surface area contributed by atoms with Crippen LogP contribution in [0.5, 0.6) is 23.0 Å². The van der Waals surface area contributed by atoms with Crippen LogP contribution in [0, 0.1) is 0 Å². The summed E-state index contributed by atoms with van der Waals surface area (Å²) in [6.07, 6.45) is 4.80. The van der Waals surface area contributed by atoms with E-state index in [9.17, 15) is 4.79 Å². The maximum absolute atomic E-state index is 12.9.